The van der Waals surface area contributed by atoms with E-state index < -0.39 is 0 Å². The Morgan fingerprint density at radius 2 is 1.97 bits per heavy atom. The number of methoxy groups -OCH3 is 2. The molecule has 5 rings (SSSR count). The van der Waals surface area contributed by atoms with Crippen LogP contribution in [0, 0.1) is 0 Å². The molecule has 0 bridgehead atoms. The monoisotopic (exact) mass is 509 g/mol. The Labute approximate surface area is 215 Å². The Morgan fingerprint density at radius 3 is 2.62 bits per heavy atom. The molecule has 2 atom stereocenters. The van der Waals surface area contributed by atoms with Gasteiger partial charge in [0, 0.05) is 39.6 Å². The molecule has 3 aromatic heterocycles. The minimum Gasteiger partial charge on any atom is -0.381 e. The first-order valence-corrected chi connectivity index (χ1v) is 12.8. The summed E-state index contributed by atoms with van der Waals surface area (Å²) in [5.74, 6) is 0.809. The van der Waals surface area contributed by atoms with Crippen LogP contribution in [0.15, 0.2) is 35.4 Å². The van der Waals surface area contributed by atoms with Gasteiger partial charge in [-0.3, -0.25) is 9.59 Å². The number of carbonyl (C=O) groups is 1. The van der Waals surface area contributed by atoms with Crippen LogP contribution in [0.1, 0.15) is 61.8 Å². The zero-order valence-corrected chi connectivity index (χ0v) is 21.8. The second-order valence-electron chi connectivity index (χ2n) is 10.1. The molecule has 1 unspecified atom stereocenters. The van der Waals surface area contributed by atoms with Gasteiger partial charge >= 0.3 is 0 Å². The van der Waals surface area contributed by atoms with E-state index in [9.17, 15) is 9.59 Å². The number of aromatic nitrogens is 4. The normalized spacial score (nSPS) is 25.5. The number of hydrogen-bond acceptors (Lipinski definition) is 8. The molecular weight excluding hydrogens is 474 g/mol. The predicted molar refractivity (Wildman–Crippen MR) is 141 cm³/mol. The first kappa shape index (κ1) is 25.2. The summed E-state index contributed by atoms with van der Waals surface area (Å²) < 4.78 is 14.4. The van der Waals surface area contributed by atoms with Crippen molar-refractivity contribution in [3.63, 3.8) is 0 Å². The van der Waals surface area contributed by atoms with E-state index in [1.165, 1.54) is 6.20 Å². The molecule has 37 heavy (non-hydrogen) atoms. The van der Waals surface area contributed by atoms with Gasteiger partial charge in [-0.1, -0.05) is 0 Å². The SMILES string of the molecule is CNc1cc(Nc2cccn([C@H]3CC[C@H](OC)CC3)c2=O)nc2c(C(=O)NC3CC[C@@]3(C)OC)cnn12. The van der Waals surface area contributed by atoms with Gasteiger partial charge in [0.1, 0.15) is 22.9 Å². The maximum Gasteiger partial charge on any atom is 0.274 e. The van der Waals surface area contributed by atoms with Crippen LogP contribution in [0.2, 0.25) is 0 Å². The number of rotatable bonds is 8. The quantitative estimate of drug-likeness (QED) is 0.423. The number of anilines is 3. The summed E-state index contributed by atoms with van der Waals surface area (Å²) in [7, 11) is 5.17. The second-order valence-corrected chi connectivity index (χ2v) is 10.1. The molecule has 0 spiro atoms. The van der Waals surface area contributed by atoms with Gasteiger partial charge in [0.2, 0.25) is 0 Å². The van der Waals surface area contributed by atoms with Crippen molar-refractivity contribution in [2.45, 2.75) is 69.2 Å². The standard InChI is InChI=1S/C26H35N7O4/c1-26(37-4)12-11-20(26)30-24(34)18-15-28-33-22(27-2)14-21(31-23(18)33)29-19-6-5-13-32(25(19)35)16-7-9-17(36-3)10-8-16/h5-6,13-17,20,27H,7-12H2,1-4H3,(H,29,31)(H,30,34)/t16-,17-,20?,26-/m1/s1. The van der Waals surface area contributed by atoms with Gasteiger partial charge in [0.15, 0.2) is 5.65 Å². The van der Waals surface area contributed by atoms with Crippen LogP contribution in [-0.2, 0) is 9.47 Å². The molecular formula is C26H35N7O4. The molecule has 2 aliphatic rings. The third kappa shape index (κ3) is 4.69. The maximum atomic E-state index is 13.3. The lowest BCUT2D eigenvalue weighted by molar-refractivity contribution is -0.0828. The van der Waals surface area contributed by atoms with E-state index in [-0.39, 0.29) is 35.3 Å². The Hall–Kier alpha value is -3.44. The number of ether oxygens (including phenoxy) is 2. The van der Waals surface area contributed by atoms with Gasteiger partial charge in [-0.15, -0.1) is 0 Å². The summed E-state index contributed by atoms with van der Waals surface area (Å²) in [5, 5.41) is 13.7. The molecule has 2 aliphatic carbocycles. The summed E-state index contributed by atoms with van der Waals surface area (Å²) >= 11 is 0. The first-order chi connectivity index (χ1) is 17.9. The Balaban J connectivity index is 1.41. The zero-order valence-electron chi connectivity index (χ0n) is 21.8. The van der Waals surface area contributed by atoms with E-state index in [0.717, 1.165) is 38.5 Å². The van der Waals surface area contributed by atoms with Crippen LogP contribution in [-0.4, -0.2) is 64.1 Å². The summed E-state index contributed by atoms with van der Waals surface area (Å²) in [6, 6.07) is 5.44. The highest BCUT2D eigenvalue weighted by atomic mass is 16.5. The minimum atomic E-state index is -0.370. The first-order valence-electron chi connectivity index (χ1n) is 12.8. The van der Waals surface area contributed by atoms with Crippen molar-refractivity contribution in [2.75, 3.05) is 31.9 Å². The number of pyridine rings is 1. The third-order valence-corrected chi connectivity index (χ3v) is 8.02. The molecule has 11 nitrogen and oxygen atoms in total. The lowest BCUT2D eigenvalue weighted by Crippen LogP contribution is -2.59. The molecule has 0 aliphatic heterocycles. The van der Waals surface area contributed by atoms with Crippen molar-refractivity contribution in [1.29, 1.82) is 0 Å². The molecule has 2 saturated carbocycles. The van der Waals surface area contributed by atoms with E-state index in [1.807, 2.05) is 19.2 Å². The van der Waals surface area contributed by atoms with Crippen LogP contribution in [0.3, 0.4) is 0 Å². The molecule has 3 heterocycles. The van der Waals surface area contributed by atoms with E-state index >= 15 is 0 Å². The Morgan fingerprint density at radius 1 is 1.19 bits per heavy atom. The molecule has 1 amide bonds. The fraction of sp³-hybridized carbons (Fsp3) is 0.538. The summed E-state index contributed by atoms with van der Waals surface area (Å²) in [4.78, 5) is 31.2. The number of hydrogen-bond donors (Lipinski definition) is 3. The Bertz CT molecular complexity index is 1340. The van der Waals surface area contributed by atoms with Crippen LogP contribution in [0.25, 0.3) is 5.65 Å². The lowest BCUT2D eigenvalue weighted by atomic mass is 9.76. The average molecular weight is 510 g/mol. The van der Waals surface area contributed by atoms with Gasteiger partial charge in [-0.05, 0) is 57.6 Å². The minimum absolute atomic E-state index is 0.0771. The fourth-order valence-corrected chi connectivity index (χ4v) is 5.36. The van der Waals surface area contributed by atoms with Crippen LogP contribution in [0.4, 0.5) is 17.3 Å². The largest absolute Gasteiger partial charge is 0.381 e. The molecule has 11 heteroatoms. The highest BCUT2D eigenvalue weighted by molar-refractivity contribution is 6.00. The van der Waals surface area contributed by atoms with Gasteiger partial charge < -0.3 is 30.0 Å². The molecule has 3 aromatic rings. The average Bonchev–Trinajstić information content (AvgIpc) is 3.35. The predicted octanol–water partition coefficient (Wildman–Crippen LogP) is 3.10. The van der Waals surface area contributed by atoms with E-state index in [1.54, 1.807) is 42.5 Å². The smallest absolute Gasteiger partial charge is 0.274 e. The Kier molecular flexibility index (Phi) is 6.91. The fourth-order valence-electron chi connectivity index (χ4n) is 5.36. The second kappa shape index (κ2) is 10.1. The van der Waals surface area contributed by atoms with Crippen molar-refractivity contribution in [3.05, 3.63) is 46.5 Å². The number of carbonyl (C=O) groups excluding carboxylic acids is 1. The summed E-state index contributed by atoms with van der Waals surface area (Å²) in [5.41, 5.74) is 0.688. The maximum absolute atomic E-state index is 13.3. The van der Waals surface area contributed by atoms with Crippen LogP contribution < -0.4 is 21.5 Å². The molecule has 198 valence electrons. The summed E-state index contributed by atoms with van der Waals surface area (Å²) in [6.45, 7) is 1.99. The highest BCUT2D eigenvalue weighted by Crippen LogP contribution is 2.35. The van der Waals surface area contributed by atoms with Crippen molar-refractivity contribution in [3.8, 4) is 0 Å². The van der Waals surface area contributed by atoms with E-state index in [4.69, 9.17) is 9.47 Å². The lowest BCUT2D eigenvalue weighted by Gasteiger charge is -2.45. The van der Waals surface area contributed by atoms with Crippen LogP contribution >= 0.6 is 0 Å². The number of nitrogens with one attached hydrogen (secondary N) is 3. The molecule has 0 radical (unpaired) electrons. The van der Waals surface area contributed by atoms with Gasteiger partial charge in [0.25, 0.3) is 11.5 Å². The molecule has 0 saturated heterocycles. The number of fused-ring (bicyclic) bond motifs is 1. The van der Waals surface area contributed by atoms with Gasteiger partial charge in [-0.2, -0.15) is 9.61 Å². The molecule has 3 N–H and O–H groups in total. The molecule has 2 fully saturated rings. The number of nitrogens with zero attached hydrogens (tertiary/aromatic N) is 4. The van der Waals surface area contributed by atoms with Crippen molar-refractivity contribution < 1.29 is 14.3 Å². The topological polar surface area (TPSA) is 124 Å². The van der Waals surface area contributed by atoms with Gasteiger partial charge in [-0.25, -0.2) is 4.98 Å². The van der Waals surface area contributed by atoms with Crippen molar-refractivity contribution >= 4 is 28.9 Å². The van der Waals surface area contributed by atoms with Crippen molar-refractivity contribution in [2.24, 2.45) is 0 Å². The highest BCUT2D eigenvalue weighted by Gasteiger charge is 2.44. The third-order valence-electron chi connectivity index (χ3n) is 8.02. The van der Waals surface area contributed by atoms with Gasteiger partial charge in [0.05, 0.1) is 23.9 Å². The molecule has 0 aromatic carbocycles. The number of amides is 1. The van der Waals surface area contributed by atoms with Crippen molar-refractivity contribution in [1.82, 2.24) is 24.5 Å². The zero-order chi connectivity index (χ0) is 26.2. The summed E-state index contributed by atoms with van der Waals surface area (Å²) in [6.07, 6.45) is 9.02. The van der Waals surface area contributed by atoms with Crippen LogP contribution in [0.5, 0.6) is 0 Å². The van der Waals surface area contributed by atoms with E-state index in [0.29, 0.717) is 28.5 Å². The van der Waals surface area contributed by atoms with E-state index in [2.05, 4.69) is 26.0 Å².